The summed E-state index contributed by atoms with van der Waals surface area (Å²) in [5, 5.41) is 22.3. The minimum Gasteiger partial charge on any atom is -0.477 e. The number of carbonyl (C=O) groups is 7. The van der Waals surface area contributed by atoms with Crippen molar-refractivity contribution in [1.29, 1.82) is 0 Å². The van der Waals surface area contributed by atoms with Crippen molar-refractivity contribution >= 4 is 99.7 Å². The largest absolute Gasteiger partial charge is 0.477 e. The molecule has 3 unspecified atom stereocenters. The van der Waals surface area contributed by atoms with Gasteiger partial charge in [-0.05, 0) is 28.7 Å². The van der Waals surface area contributed by atoms with E-state index in [1.807, 2.05) is 0 Å². The molecule has 258 valence electrons. The lowest BCUT2D eigenvalue weighted by Crippen LogP contribution is -2.78. The standard InChI is InChI=1S/C14H12N2O6S2.C13H12N4O5S3/c15-9-11(18)16-10(13(19)20)6(4-23-12(9)16)5-24-14(21)7-1-2-22-8(7)3-17;1-22-5(18)2-13(14)11(21)17-6(10(19)20)4(3-23-12(13)17)7-8-9(24-7)15-16-25-8/h1-3,9,12H,4-5,15H2,(H,19,20);7,12H,2-3,14H2,1H3,(H,19,20)/t9?,12-;7?,12-,13?/m00/s1. The molecule has 2 fully saturated rings. The van der Waals surface area contributed by atoms with Crippen LogP contribution >= 0.6 is 58.6 Å². The Bertz CT molecular complexity index is 1880. The van der Waals surface area contributed by atoms with Gasteiger partial charge in [-0.1, -0.05) is 28.0 Å². The first-order valence-corrected chi connectivity index (χ1v) is 18.7. The zero-order valence-corrected chi connectivity index (χ0v) is 29.0. The number of amides is 2. The summed E-state index contributed by atoms with van der Waals surface area (Å²) in [6, 6.07) is 0.691. The maximum absolute atomic E-state index is 12.6. The van der Waals surface area contributed by atoms with Gasteiger partial charge < -0.3 is 30.8 Å². The van der Waals surface area contributed by atoms with Crippen molar-refractivity contribution in [2.24, 2.45) is 11.5 Å². The molecule has 6 N–H and O–H groups in total. The topological polar surface area (TPSA) is 267 Å². The van der Waals surface area contributed by atoms with E-state index in [1.54, 1.807) is 0 Å². The van der Waals surface area contributed by atoms with Crippen molar-refractivity contribution < 1.29 is 52.9 Å². The first-order chi connectivity index (χ1) is 23.3. The van der Waals surface area contributed by atoms with Gasteiger partial charge >= 0.3 is 17.9 Å². The molecule has 5 atom stereocenters. The minimum absolute atomic E-state index is 0.0451. The number of carbonyl (C=O) groups excluding carboxylic acids is 5. The number of rotatable bonds is 9. The Morgan fingerprint density at radius 2 is 1.90 bits per heavy atom. The smallest absolute Gasteiger partial charge is 0.352 e. The number of esters is 1. The molecule has 17 nitrogen and oxygen atoms in total. The third kappa shape index (κ3) is 5.87. The molecule has 5 aliphatic rings. The van der Waals surface area contributed by atoms with Crippen LogP contribution in [0, 0.1) is 0 Å². The van der Waals surface area contributed by atoms with Gasteiger partial charge in [0, 0.05) is 17.3 Å². The van der Waals surface area contributed by atoms with Crippen molar-refractivity contribution in [3.05, 3.63) is 51.1 Å². The molecule has 7 heterocycles. The minimum atomic E-state index is -1.44. The van der Waals surface area contributed by atoms with Crippen LogP contribution in [0.4, 0.5) is 0 Å². The van der Waals surface area contributed by atoms with Crippen LogP contribution in [0.1, 0.15) is 37.5 Å². The Balaban J connectivity index is 0.000000170. The van der Waals surface area contributed by atoms with Crippen molar-refractivity contribution in [1.82, 2.24) is 19.4 Å². The van der Waals surface area contributed by atoms with Gasteiger partial charge in [-0.3, -0.25) is 33.8 Å². The number of nitrogens with two attached hydrogens (primary N) is 2. The first kappa shape index (κ1) is 35.2. The highest BCUT2D eigenvalue weighted by Crippen LogP contribution is 2.58. The molecule has 5 aliphatic heterocycles. The molecular formula is C27H24N6O11S5. The highest BCUT2D eigenvalue weighted by Gasteiger charge is 2.64. The van der Waals surface area contributed by atoms with E-state index < -0.39 is 51.8 Å². The van der Waals surface area contributed by atoms with E-state index in [4.69, 9.17) is 15.9 Å². The molecule has 0 aromatic carbocycles. The predicted molar refractivity (Wildman–Crippen MR) is 176 cm³/mol. The van der Waals surface area contributed by atoms with Gasteiger partial charge in [-0.2, -0.15) is 0 Å². The van der Waals surface area contributed by atoms with Crippen LogP contribution in [0.2, 0.25) is 0 Å². The van der Waals surface area contributed by atoms with E-state index in [0.717, 1.165) is 21.7 Å². The lowest BCUT2D eigenvalue weighted by atomic mass is 9.84. The molecule has 2 aromatic rings. The number of fused-ring (bicyclic) bond motifs is 3. The third-order valence-electron chi connectivity index (χ3n) is 8.06. The maximum atomic E-state index is 12.6. The summed E-state index contributed by atoms with van der Waals surface area (Å²) in [6.07, 6.45) is 1.40. The number of carboxylic acids is 2. The molecule has 0 aliphatic carbocycles. The van der Waals surface area contributed by atoms with Gasteiger partial charge in [0.2, 0.25) is 11.0 Å². The Hall–Kier alpha value is -3.67. The van der Waals surface area contributed by atoms with Crippen molar-refractivity contribution in [2.75, 3.05) is 24.4 Å². The molecule has 0 radical (unpaired) electrons. The summed E-state index contributed by atoms with van der Waals surface area (Å²) in [5.74, 6) is -3.20. The van der Waals surface area contributed by atoms with Gasteiger partial charge in [-0.25, -0.2) is 9.59 Å². The Labute approximate surface area is 296 Å². The summed E-state index contributed by atoms with van der Waals surface area (Å²) >= 11 is 6.26. The second kappa shape index (κ2) is 13.6. The number of carboxylic acid groups (broad SMARTS) is 2. The highest BCUT2D eigenvalue weighted by molar-refractivity contribution is 8.14. The predicted octanol–water partition coefficient (Wildman–Crippen LogP) is 0.746. The molecule has 2 amide bonds. The number of aldehydes is 1. The van der Waals surface area contributed by atoms with Crippen LogP contribution in [0.3, 0.4) is 0 Å². The fraction of sp³-hybridized carbons (Fsp3) is 0.370. The molecule has 49 heavy (non-hydrogen) atoms. The summed E-state index contributed by atoms with van der Waals surface area (Å²) in [5.41, 5.74) is 11.5. The molecule has 0 saturated carbocycles. The van der Waals surface area contributed by atoms with Crippen molar-refractivity contribution in [3.8, 4) is 0 Å². The van der Waals surface area contributed by atoms with E-state index in [9.17, 15) is 43.8 Å². The van der Waals surface area contributed by atoms with E-state index in [2.05, 4.69) is 14.3 Å². The van der Waals surface area contributed by atoms with E-state index in [-0.39, 0.29) is 45.5 Å². The average Bonchev–Trinajstić information content (AvgIpc) is 3.72. The fourth-order valence-corrected chi connectivity index (χ4v) is 11.6. The average molecular weight is 769 g/mol. The number of hydrogen-bond donors (Lipinski definition) is 4. The molecule has 22 heteroatoms. The van der Waals surface area contributed by atoms with Crippen molar-refractivity contribution in [2.45, 2.75) is 39.0 Å². The molecular weight excluding hydrogens is 745 g/mol. The molecule has 2 aromatic heterocycles. The number of nitrogens with zero attached hydrogens (tertiary/aromatic N) is 4. The van der Waals surface area contributed by atoms with Gasteiger partial charge in [0.1, 0.15) is 38.7 Å². The van der Waals surface area contributed by atoms with Crippen LogP contribution in [0.15, 0.2) is 44.3 Å². The molecule has 2 saturated heterocycles. The van der Waals surface area contributed by atoms with E-state index in [1.165, 1.54) is 76.1 Å². The number of methoxy groups -OCH3 is 1. The second-order valence-corrected chi connectivity index (χ2v) is 15.8. The fourth-order valence-electron chi connectivity index (χ4n) is 5.62. The number of aliphatic carboxylic acids is 2. The third-order valence-corrected chi connectivity index (χ3v) is 14.2. The summed E-state index contributed by atoms with van der Waals surface area (Å²) in [7, 11) is 1.22. The van der Waals surface area contributed by atoms with Crippen LogP contribution in [0.25, 0.3) is 0 Å². The van der Waals surface area contributed by atoms with Gasteiger partial charge in [0.05, 0.1) is 35.5 Å². The Morgan fingerprint density at radius 1 is 1.16 bits per heavy atom. The number of furan rings is 1. The first-order valence-electron chi connectivity index (χ1n) is 14.0. The van der Waals surface area contributed by atoms with Crippen LogP contribution in [-0.2, 0) is 28.7 Å². The number of β-lactam (4-membered cyclic amide) rings is 2. The zero-order valence-electron chi connectivity index (χ0n) is 24.9. The van der Waals surface area contributed by atoms with Crippen LogP contribution in [-0.4, -0.2) is 117 Å². The molecule has 7 rings (SSSR count). The normalized spacial score (nSPS) is 26.6. The highest BCUT2D eigenvalue weighted by atomic mass is 32.2. The van der Waals surface area contributed by atoms with E-state index >= 15 is 0 Å². The molecule has 0 bridgehead atoms. The Kier molecular flexibility index (Phi) is 9.74. The summed E-state index contributed by atoms with van der Waals surface area (Å²) in [6.45, 7) is 0. The van der Waals surface area contributed by atoms with Crippen LogP contribution < -0.4 is 11.5 Å². The van der Waals surface area contributed by atoms with Gasteiger partial charge in [0.15, 0.2) is 12.0 Å². The maximum Gasteiger partial charge on any atom is 0.352 e. The van der Waals surface area contributed by atoms with Gasteiger partial charge in [0.25, 0.3) is 5.91 Å². The number of hydrogen-bond acceptors (Lipinski definition) is 18. The lowest BCUT2D eigenvalue weighted by molar-refractivity contribution is -0.160. The number of ether oxygens (including phenoxy) is 1. The summed E-state index contributed by atoms with van der Waals surface area (Å²) < 4.78 is 13.3. The van der Waals surface area contributed by atoms with Crippen LogP contribution in [0.5, 0.6) is 0 Å². The Morgan fingerprint density at radius 3 is 2.55 bits per heavy atom. The van der Waals surface area contributed by atoms with Gasteiger partial charge in [-0.15, -0.1) is 28.6 Å². The monoisotopic (exact) mass is 768 g/mol. The SMILES string of the molecule is COC(=O)CC1(N)C(=O)N2C(C(=O)O)=C(C3Sc4nnsc43)CS[C@H]21.NC1C(=O)N2C(C(=O)O)=C(CSC(=O)c3ccoc3C=O)CS[C@@H]12. The second-order valence-electron chi connectivity index (χ2n) is 10.8. The number of aromatic nitrogens is 2. The zero-order chi connectivity index (χ0) is 35.4. The van der Waals surface area contributed by atoms with E-state index in [0.29, 0.717) is 28.9 Å². The van der Waals surface area contributed by atoms with Crippen molar-refractivity contribution in [3.63, 3.8) is 0 Å². The number of thioether (sulfide) groups is 4. The summed E-state index contributed by atoms with van der Waals surface area (Å²) in [4.78, 5) is 85.6. The quantitative estimate of drug-likeness (QED) is 0.156. The lowest BCUT2D eigenvalue weighted by Gasteiger charge is -2.55. The molecule has 0 spiro atoms.